The van der Waals surface area contributed by atoms with Crippen molar-refractivity contribution in [1.82, 2.24) is 4.90 Å². The largest absolute Gasteiger partial charge is 0.402 e. The fourth-order valence-electron chi connectivity index (χ4n) is 1.53. The first-order chi connectivity index (χ1) is 7.49. The van der Waals surface area contributed by atoms with Crippen LogP contribution < -0.4 is 5.73 Å². The van der Waals surface area contributed by atoms with Crippen molar-refractivity contribution in [1.29, 1.82) is 0 Å². The van der Waals surface area contributed by atoms with E-state index in [0.717, 1.165) is 31.6 Å². The zero-order valence-corrected chi connectivity index (χ0v) is 11.5. The first-order valence-corrected chi connectivity index (χ1v) is 6.24. The second-order valence-corrected chi connectivity index (χ2v) is 4.54. The van der Waals surface area contributed by atoms with Crippen LogP contribution >= 0.6 is 0 Å². The lowest BCUT2D eigenvalue weighted by atomic mass is 10.2. The number of nitrogens with two attached hydrogens (primary N) is 1. The van der Waals surface area contributed by atoms with Crippen molar-refractivity contribution < 1.29 is 4.74 Å². The fraction of sp³-hybridized carbons (Fsp3) is 0.846. The number of hydrogen-bond acceptors (Lipinski definition) is 3. The number of rotatable bonds is 8. The lowest BCUT2D eigenvalue weighted by Crippen LogP contribution is -2.32. The molecule has 0 saturated heterocycles. The molecule has 0 aromatic carbocycles. The van der Waals surface area contributed by atoms with Gasteiger partial charge in [-0.15, -0.1) is 0 Å². The summed E-state index contributed by atoms with van der Waals surface area (Å²) in [5.41, 5.74) is 6.72. The molecule has 0 spiro atoms. The molecule has 0 aromatic rings. The number of likely N-dealkylation sites (N-methyl/N-ethyl adjacent to an activating group) is 1. The predicted molar refractivity (Wildman–Crippen MR) is 70.4 cm³/mol. The van der Waals surface area contributed by atoms with Crippen LogP contribution in [0.2, 0.25) is 0 Å². The molecule has 2 N–H and O–H groups in total. The quantitative estimate of drug-likeness (QED) is 0.693. The first-order valence-electron chi connectivity index (χ1n) is 6.24. The SMILES string of the molecule is C/C=C(\N)CCN(C)C[C@H](C)O[C@H](C)CC. The van der Waals surface area contributed by atoms with E-state index in [0.29, 0.717) is 6.10 Å². The number of ether oxygens (including phenoxy) is 1. The van der Waals surface area contributed by atoms with Crippen LogP contribution in [0.1, 0.15) is 40.5 Å². The topological polar surface area (TPSA) is 38.5 Å². The van der Waals surface area contributed by atoms with Crippen LogP contribution in [0.4, 0.5) is 0 Å². The number of nitrogens with zero attached hydrogens (tertiary/aromatic N) is 1. The second-order valence-electron chi connectivity index (χ2n) is 4.54. The zero-order chi connectivity index (χ0) is 12.6. The number of hydrogen-bond donors (Lipinski definition) is 1. The molecule has 0 aliphatic heterocycles. The monoisotopic (exact) mass is 228 g/mol. The van der Waals surface area contributed by atoms with Gasteiger partial charge in [0.2, 0.25) is 0 Å². The normalized spacial score (nSPS) is 16.5. The van der Waals surface area contributed by atoms with E-state index in [1.54, 1.807) is 0 Å². The standard InChI is InChI=1S/C13H28N2O/c1-6-11(3)16-12(4)10-15(5)9-8-13(14)7-2/h7,11-12H,6,8-10,14H2,1-5H3/b13-7-/t11-,12+/m1/s1. The summed E-state index contributed by atoms with van der Waals surface area (Å²) >= 11 is 0. The summed E-state index contributed by atoms with van der Waals surface area (Å²) in [5.74, 6) is 0. The summed E-state index contributed by atoms with van der Waals surface area (Å²) < 4.78 is 5.82. The molecule has 0 radical (unpaired) electrons. The molecule has 0 aliphatic rings. The minimum Gasteiger partial charge on any atom is -0.402 e. The maximum absolute atomic E-state index is 5.82. The third-order valence-electron chi connectivity index (χ3n) is 2.76. The van der Waals surface area contributed by atoms with Gasteiger partial charge in [-0.1, -0.05) is 13.0 Å². The van der Waals surface area contributed by atoms with Gasteiger partial charge in [-0.05, 0) is 40.7 Å². The van der Waals surface area contributed by atoms with Crippen molar-refractivity contribution in [2.24, 2.45) is 5.73 Å². The first kappa shape index (κ1) is 15.5. The minimum absolute atomic E-state index is 0.284. The number of allylic oxidation sites excluding steroid dienone is 1. The smallest absolute Gasteiger partial charge is 0.0677 e. The Kier molecular flexibility index (Phi) is 8.30. The predicted octanol–water partition coefficient (Wildman–Crippen LogP) is 2.37. The van der Waals surface area contributed by atoms with Gasteiger partial charge in [-0.3, -0.25) is 0 Å². The van der Waals surface area contributed by atoms with E-state index in [4.69, 9.17) is 10.5 Å². The molecule has 0 rings (SSSR count). The third kappa shape index (κ3) is 7.71. The van der Waals surface area contributed by atoms with Crippen LogP contribution in [0, 0.1) is 0 Å². The van der Waals surface area contributed by atoms with Crippen LogP contribution in [0.25, 0.3) is 0 Å². The highest BCUT2D eigenvalue weighted by Crippen LogP contribution is 2.04. The highest BCUT2D eigenvalue weighted by molar-refractivity contribution is 4.93. The van der Waals surface area contributed by atoms with Gasteiger partial charge in [0.25, 0.3) is 0 Å². The van der Waals surface area contributed by atoms with Crippen molar-refractivity contribution in [2.45, 2.75) is 52.7 Å². The summed E-state index contributed by atoms with van der Waals surface area (Å²) in [7, 11) is 2.11. The average Bonchev–Trinajstić information content (AvgIpc) is 2.25. The summed E-state index contributed by atoms with van der Waals surface area (Å²) in [4.78, 5) is 2.27. The molecule has 3 heteroatoms. The summed E-state index contributed by atoms with van der Waals surface area (Å²) in [5, 5.41) is 0. The Bertz CT molecular complexity index is 204. The van der Waals surface area contributed by atoms with Gasteiger partial charge in [0, 0.05) is 18.8 Å². The molecule has 16 heavy (non-hydrogen) atoms. The van der Waals surface area contributed by atoms with E-state index < -0.39 is 0 Å². The third-order valence-corrected chi connectivity index (χ3v) is 2.76. The summed E-state index contributed by atoms with van der Waals surface area (Å²) in [6, 6.07) is 0. The van der Waals surface area contributed by atoms with E-state index in [9.17, 15) is 0 Å². The fourth-order valence-corrected chi connectivity index (χ4v) is 1.53. The van der Waals surface area contributed by atoms with Crippen LogP contribution in [0.3, 0.4) is 0 Å². The van der Waals surface area contributed by atoms with Crippen molar-refractivity contribution >= 4 is 0 Å². The van der Waals surface area contributed by atoms with E-state index in [-0.39, 0.29) is 6.10 Å². The van der Waals surface area contributed by atoms with Crippen LogP contribution in [0.15, 0.2) is 11.8 Å². The van der Waals surface area contributed by atoms with Crippen molar-refractivity contribution in [2.75, 3.05) is 20.1 Å². The highest BCUT2D eigenvalue weighted by Gasteiger charge is 2.09. The van der Waals surface area contributed by atoms with Crippen molar-refractivity contribution in [3.63, 3.8) is 0 Å². The van der Waals surface area contributed by atoms with Gasteiger partial charge < -0.3 is 15.4 Å². The van der Waals surface area contributed by atoms with Crippen LogP contribution in [0.5, 0.6) is 0 Å². The Hall–Kier alpha value is -0.540. The van der Waals surface area contributed by atoms with Gasteiger partial charge in [0.15, 0.2) is 0 Å². The lowest BCUT2D eigenvalue weighted by Gasteiger charge is -2.24. The second kappa shape index (κ2) is 8.59. The molecule has 0 amide bonds. The van der Waals surface area contributed by atoms with Gasteiger partial charge in [-0.25, -0.2) is 0 Å². The van der Waals surface area contributed by atoms with E-state index in [1.807, 2.05) is 13.0 Å². The Morgan fingerprint density at radius 3 is 2.50 bits per heavy atom. The minimum atomic E-state index is 0.284. The zero-order valence-electron chi connectivity index (χ0n) is 11.5. The molecule has 2 atom stereocenters. The highest BCUT2D eigenvalue weighted by atomic mass is 16.5. The Morgan fingerprint density at radius 1 is 1.38 bits per heavy atom. The molecule has 0 saturated carbocycles. The Balaban J connectivity index is 3.73. The van der Waals surface area contributed by atoms with Gasteiger partial charge in [0.1, 0.15) is 0 Å². The van der Waals surface area contributed by atoms with Crippen molar-refractivity contribution in [3.05, 3.63) is 11.8 Å². The summed E-state index contributed by atoms with van der Waals surface area (Å²) in [6.07, 6.45) is 4.60. The molecule has 96 valence electrons. The van der Waals surface area contributed by atoms with Crippen LogP contribution in [-0.2, 0) is 4.74 Å². The molecule has 0 unspecified atom stereocenters. The molecular weight excluding hydrogens is 200 g/mol. The van der Waals surface area contributed by atoms with E-state index in [1.165, 1.54) is 0 Å². The van der Waals surface area contributed by atoms with Gasteiger partial charge in [-0.2, -0.15) is 0 Å². The Morgan fingerprint density at radius 2 is 2.00 bits per heavy atom. The molecular formula is C13H28N2O. The molecule has 3 nitrogen and oxygen atoms in total. The Labute approximate surface area is 101 Å². The van der Waals surface area contributed by atoms with Gasteiger partial charge in [0.05, 0.1) is 12.2 Å². The molecule has 0 fully saturated rings. The molecule has 0 bridgehead atoms. The van der Waals surface area contributed by atoms with Crippen LogP contribution in [-0.4, -0.2) is 37.2 Å². The lowest BCUT2D eigenvalue weighted by molar-refractivity contribution is -0.00783. The molecule has 0 aliphatic carbocycles. The average molecular weight is 228 g/mol. The maximum Gasteiger partial charge on any atom is 0.0677 e. The van der Waals surface area contributed by atoms with E-state index in [2.05, 4.69) is 32.7 Å². The summed E-state index contributed by atoms with van der Waals surface area (Å²) in [6.45, 7) is 10.3. The van der Waals surface area contributed by atoms with Gasteiger partial charge >= 0.3 is 0 Å². The van der Waals surface area contributed by atoms with E-state index >= 15 is 0 Å². The molecule has 0 heterocycles. The molecule has 0 aromatic heterocycles. The maximum atomic E-state index is 5.82. The van der Waals surface area contributed by atoms with Crippen molar-refractivity contribution in [3.8, 4) is 0 Å².